The molecule has 0 aliphatic carbocycles. The van der Waals surface area contributed by atoms with E-state index in [-0.39, 0.29) is 36.0 Å². The highest BCUT2D eigenvalue weighted by Crippen LogP contribution is 2.31. The number of nitrogens with one attached hydrogen (secondary N) is 2. The molecule has 3 N–H and O–H groups in total. The molecule has 0 saturated carbocycles. The van der Waals surface area contributed by atoms with Gasteiger partial charge in [-0.15, -0.1) is 24.0 Å². The second-order valence-electron chi connectivity index (χ2n) is 7.08. The normalized spacial score (nSPS) is 19.8. The fraction of sp³-hybridized carbons (Fsp3) is 0.632. The zero-order chi connectivity index (χ0) is 18.3. The van der Waals surface area contributed by atoms with Gasteiger partial charge in [0.15, 0.2) is 5.96 Å². The van der Waals surface area contributed by atoms with Crippen LogP contribution in [0.1, 0.15) is 24.0 Å². The fourth-order valence-corrected chi connectivity index (χ4v) is 3.22. The van der Waals surface area contributed by atoms with Crippen molar-refractivity contribution in [3.05, 3.63) is 29.3 Å². The van der Waals surface area contributed by atoms with Gasteiger partial charge in [-0.3, -0.25) is 4.99 Å². The molecule has 1 atom stereocenters. The summed E-state index contributed by atoms with van der Waals surface area (Å²) in [5, 5.41) is 16.1. The number of benzene rings is 1. The van der Waals surface area contributed by atoms with Crippen LogP contribution in [0.25, 0.3) is 0 Å². The van der Waals surface area contributed by atoms with E-state index in [0.717, 1.165) is 32.0 Å². The lowest BCUT2D eigenvalue weighted by atomic mass is 9.84. The van der Waals surface area contributed by atoms with Crippen molar-refractivity contribution in [2.75, 3.05) is 52.4 Å². The molecule has 2 rings (SSSR count). The predicted molar refractivity (Wildman–Crippen MR) is 119 cm³/mol. The van der Waals surface area contributed by atoms with Crippen LogP contribution < -0.4 is 15.5 Å². The number of rotatable bonds is 7. The van der Waals surface area contributed by atoms with E-state index in [9.17, 15) is 5.11 Å². The summed E-state index contributed by atoms with van der Waals surface area (Å²) in [5.74, 6) is 0.773. The highest BCUT2D eigenvalue weighted by Gasteiger charge is 2.34. The number of ether oxygens (including phenoxy) is 1. The lowest BCUT2D eigenvalue weighted by Gasteiger charge is -2.28. The summed E-state index contributed by atoms with van der Waals surface area (Å²) in [7, 11) is 5.90. The molecule has 0 amide bonds. The third kappa shape index (κ3) is 6.28. The summed E-state index contributed by atoms with van der Waals surface area (Å²) in [6.45, 7) is 5.21. The first kappa shape index (κ1) is 23.0. The van der Waals surface area contributed by atoms with Gasteiger partial charge in [-0.05, 0) is 37.0 Å². The van der Waals surface area contributed by atoms with Crippen LogP contribution in [-0.4, -0.2) is 58.6 Å². The van der Waals surface area contributed by atoms with Crippen molar-refractivity contribution >= 4 is 35.6 Å². The number of aliphatic hydroxyl groups is 1. The van der Waals surface area contributed by atoms with Crippen LogP contribution in [0, 0.1) is 12.3 Å². The van der Waals surface area contributed by atoms with Crippen molar-refractivity contribution in [1.82, 2.24) is 10.6 Å². The predicted octanol–water partition coefficient (Wildman–Crippen LogP) is 2.13. The molecule has 7 heteroatoms. The van der Waals surface area contributed by atoms with Gasteiger partial charge in [0.1, 0.15) is 0 Å². The summed E-state index contributed by atoms with van der Waals surface area (Å²) in [6.07, 6.45) is 1.72. The summed E-state index contributed by atoms with van der Waals surface area (Å²) >= 11 is 0. The number of hydrogen-bond donors (Lipinski definition) is 3. The monoisotopic (exact) mass is 476 g/mol. The molecule has 0 spiro atoms. The molecule has 1 aromatic rings. The van der Waals surface area contributed by atoms with Gasteiger partial charge in [-0.1, -0.05) is 12.1 Å². The average molecular weight is 476 g/mol. The zero-order valence-corrected chi connectivity index (χ0v) is 18.7. The summed E-state index contributed by atoms with van der Waals surface area (Å²) in [4.78, 5) is 6.46. The molecule has 0 bridgehead atoms. The molecule has 1 aliphatic rings. The average Bonchev–Trinajstić information content (AvgIpc) is 3.05. The van der Waals surface area contributed by atoms with Crippen LogP contribution in [0.15, 0.2) is 23.2 Å². The smallest absolute Gasteiger partial charge is 0.191 e. The molecular formula is C19H33IN4O2. The summed E-state index contributed by atoms with van der Waals surface area (Å²) in [5.41, 5.74) is 3.70. The van der Waals surface area contributed by atoms with Crippen LogP contribution in [-0.2, 0) is 11.3 Å². The van der Waals surface area contributed by atoms with E-state index in [1.54, 1.807) is 7.05 Å². The van der Waals surface area contributed by atoms with Crippen LogP contribution in [0.4, 0.5) is 5.69 Å². The third-order valence-electron chi connectivity index (χ3n) is 4.85. The quantitative estimate of drug-likeness (QED) is 0.320. The zero-order valence-electron chi connectivity index (χ0n) is 16.3. The van der Waals surface area contributed by atoms with Gasteiger partial charge in [0.2, 0.25) is 0 Å². The molecule has 1 unspecified atom stereocenters. The SMILES string of the molecule is CN=C(NCc1ccc(C)cc1N(C)C)NCC1(CCO)CCOC1.I. The minimum absolute atomic E-state index is 0. The second-order valence-corrected chi connectivity index (χ2v) is 7.08. The topological polar surface area (TPSA) is 69.1 Å². The molecule has 1 aliphatic heterocycles. The Bertz CT molecular complexity index is 587. The molecule has 6 nitrogen and oxygen atoms in total. The van der Waals surface area contributed by atoms with E-state index in [1.165, 1.54) is 16.8 Å². The Morgan fingerprint density at radius 2 is 2.12 bits per heavy atom. The van der Waals surface area contributed by atoms with Crippen LogP contribution in [0.2, 0.25) is 0 Å². The Balaban J connectivity index is 0.00000338. The lowest BCUT2D eigenvalue weighted by Crippen LogP contribution is -2.44. The maximum absolute atomic E-state index is 9.34. The number of anilines is 1. The van der Waals surface area contributed by atoms with Gasteiger partial charge in [-0.2, -0.15) is 0 Å². The van der Waals surface area contributed by atoms with Gasteiger partial charge >= 0.3 is 0 Å². The first-order valence-electron chi connectivity index (χ1n) is 8.90. The molecular weight excluding hydrogens is 443 g/mol. The fourth-order valence-electron chi connectivity index (χ4n) is 3.22. The minimum atomic E-state index is 0. The van der Waals surface area contributed by atoms with Gasteiger partial charge in [-0.25, -0.2) is 0 Å². The van der Waals surface area contributed by atoms with E-state index in [2.05, 4.69) is 59.7 Å². The molecule has 148 valence electrons. The van der Waals surface area contributed by atoms with Gasteiger partial charge < -0.3 is 25.4 Å². The first-order chi connectivity index (χ1) is 12.0. The van der Waals surface area contributed by atoms with Gasteiger partial charge in [0.05, 0.1) is 6.61 Å². The van der Waals surface area contributed by atoms with E-state index >= 15 is 0 Å². The van der Waals surface area contributed by atoms with Crippen LogP contribution >= 0.6 is 24.0 Å². The van der Waals surface area contributed by atoms with Crippen molar-refractivity contribution < 1.29 is 9.84 Å². The van der Waals surface area contributed by atoms with Crippen LogP contribution in [0.5, 0.6) is 0 Å². The van der Waals surface area contributed by atoms with Gasteiger partial charge in [0, 0.05) is 58.5 Å². The van der Waals surface area contributed by atoms with Crippen LogP contribution in [0.3, 0.4) is 0 Å². The summed E-state index contributed by atoms with van der Waals surface area (Å²) < 4.78 is 5.54. The van der Waals surface area contributed by atoms with Crippen molar-refractivity contribution in [1.29, 1.82) is 0 Å². The van der Waals surface area contributed by atoms with E-state index < -0.39 is 0 Å². The first-order valence-corrected chi connectivity index (χ1v) is 8.90. The Kier molecular flexibility index (Phi) is 9.67. The standard InChI is InChI=1S/C19H32N4O2.HI/c1-15-5-6-16(17(11-15)23(3)4)12-21-18(20-2)22-13-19(7-9-24)8-10-25-14-19;/h5-6,11,24H,7-10,12-14H2,1-4H3,(H2,20,21,22);1H. The second kappa shape index (κ2) is 10.9. The molecule has 1 saturated heterocycles. The molecule has 1 aromatic carbocycles. The number of nitrogens with zero attached hydrogens (tertiary/aromatic N) is 2. The number of guanidine groups is 1. The van der Waals surface area contributed by atoms with E-state index in [4.69, 9.17) is 4.74 Å². The molecule has 0 radical (unpaired) electrons. The Labute approximate surface area is 174 Å². The van der Waals surface area contributed by atoms with E-state index in [0.29, 0.717) is 13.2 Å². The highest BCUT2D eigenvalue weighted by molar-refractivity contribution is 14.0. The number of aliphatic hydroxyl groups excluding tert-OH is 1. The Morgan fingerprint density at radius 3 is 2.69 bits per heavy atom. The number of halogens is 1. The Morgan fingerprint density at radius 1 is 1.35 bits per heavy atom. The number of aryl methyl sites for hydroxylation is 1. The lowest BCUT2D eigenvalue weighted by molar-refractivity contribution is 0.127. The van der Waals surface area contributed by atoms with Crippen molar-refractivity contribution in [3.8, 4) is 0 Å². The summed E-state index contributed by atoms with van der Waals surface area (Å²) in [6, 6.07) is 6.48. The third-order valence-corrected chi connectivity index (χ3v) is 4.85. The van der Waals surface area contributed by atoms with E-state index in [1.807, 2.05) is 0 Å². The molecule has 1 fully saturated rings. The molecule has 0 aromatic heterocycles. The largest absolute Gasteiger partial charge is 0.396 e. The molecule has 1 heterocycles. The number of hydrogen-bond acceptors (Lipinski definition) is 4. The Hall–Kier alpha value is -1.06. The highest BCUT2D eigenvalue weighted by atomic mass is 127. The maximum Gasteiger partial charge on any atom is 0.191 e. The maximum atomic E-state index is 9.34. The minimum Gasteiger partial charge on any atom is -0.396 e. The number of aliphatic imine (C=N–C) groups is 1. The van der Waals surface area contributed by atoms with Crippen molar-refractivity contribution in [3.63, 3.8) is 0 Å². The van der Waals surface area contributed by atoms with Gasteiger partial charge in [0.25, 0.3) is 0 Å². The molecule has 26 heavy (non-hydrogen) atoms. The van der Waals surface area contributed by atoms with Crippen molar-refractivity contribution in [2.24, 2.45) is 10.4 Å². The van der Waals surface area contributed by atoms with Crippen molar-refractivity contribution in [2.45, 2.75) is 26.3 Å².